The molecule has 3 rings (SSSR count). The molecule has 0 amide bonds. The zero-order valence-electron chi connectivity index (χ0n) is 13.3. The molecule has 1 aliphatic rings. The number of hydrogen-bond acceptors (Lipinski definition) is 1. The van der Waals surface area contributed by atoms with Gasteiger partial charge in [-0.2, -0.15) is 0 Å². The monoisotopic (exact) mass is 282 g/mol. The maximum atomic E-state index is 3.82. The van der Waals surface area contributed by atoms with E-state index in [0.29, 0.717) is 0 Å². The number of hydrogen-bond donors (Lipinski definition) is 1. The Labute approximate surface area is 127 Å². The minimum absolute atomic E-state index is 0.770. The normalized spacial score (nSPS) is 14.8. The van der Waals surface area contributed by atoms with Crippen molar-refractivity contribution < 1.29 is 0 Å². The molecule has 1 N–H and O–H groups in total. The highest BCUT2D eigenvalue weighted by Gasteiger charge is 2.20. The first-order valence-electron chi connectivity index (χ1n) is 8.13. The Balaban J connectivity index is 1.86. The van der Waals surface area contributed by atoms with Crippen molar-refractivity contribution in [3.8, 4) is 0 Å². The van der Waals surface area contributed by atoms with Crippen LogP contribution in [-0.4, -0.2) is 10.6 Å². The molecule has 2 aromatic rings. The molecule has 0 saturated heterocycles. The highest BCUT2D eigenvalue weighted by atomic mass is 15.0. The van der Waals surface area contributed by atoms with Crippen molar-refractivity contribution in [3.05, 3.63) is 47.7 Å². The van der Waals surface area contributed by atoms with E-state index in [-0.39, 0.29) is 0 Å². The van der Waals surface area contributed by atoms with Gasteiger partial charge in [-0.1, -0.05) is 12.1 Å². The van der Waals surface area contributed by atoms with Gasteiger partial charge >= 0.3 is 0 Å². The summed E-state index contributed by atoms with van der Waals surface area (Å²) in [6.45, 7) is 10.4. The minimum Gasteiger partial charge on any atom is -0.345 e. The molecule has 0 unspecified atom stereocenters. The van der Waals surface area contributed by atoms with Crippen molar-refractivity contribution in [1.82, 2.24) is 9.88 Å². The number of benzene rings is 1. The molecular formula is C19H26N2. The van der Waals surface area contributed by atoms with Crippen LogP contribution in [0.5, 0.6) is 0 Å². The summed E-state index contributed by atoms with van der Waals surface area (Å²) < 4.78 is 2.46. The molecule has 1 aromatic carbocycles. The number of aromatic nitrogens is 1. The van der Waals surface area contributed by atoms with Gasteiger partial charge in [0.15, 0.2) is 0 Å². The molecular weight excluding hydrogens is 256 g/mol. The molecule has 1 aliphatic carbocycles. The lowest BCUT2D eigenvalue weighted by Gasteiger charge is -2.08. The number of allylic oxidation sites excluding steroid dienone is 1. The van der Waals surface area contributed by atoms with Crippen LogP contribution in [0.15, 0.2) is 30.9 Å². The van der Waals surface area contributed by atoms with Crippen molar-refractivity contribution in [2.45, 2.75) is 58.7 Å². The van der Waals surface area contributed by atoms with Gasteiger partial charge in [-0.15, -0.1) is 6.58 Å². The summed E-state index contributed by atoms with van der Waals surface area (Å²) in [5.41, 5.74) is 5.61. The number of nitrogens with zero attached hydrogens (tertiary/aromatic N) is 1. The van der Waals surface area contributed by atoms with E-state index in [0.717, 1.165) is 25.6 Å². The van der Waals surface area contributed by atoms with Crippen LogP contribution in [0.1, 0.15) is 42.5 Å². The van der Waals surface area contributed by atoms with Gasteiger partial charge in [0.1, 0.15) is 0 Å². The van der Waals surface area contributed by atoms with Gasteiger partial charge in [0.2, 0.25) is 0 Å². The van der Waals surface area contributed by atoms with Crippen molar-refractivity contribution in [1.29, 1.82) is 0 Å². The lowest BCUT2D eigenvalue weighted by atomic mass is 10.1. The molecule has 0 atom stereocenters. The maximum absolute atomic E-state index is 3.82. The van der Waals surface area contributed by atoms with Crippen LogP contribution in [0.3, 0.4) is 0 Å². The zero-order valence-corrected chi connectivity index (χ0v) is 13.3. The lowest BCUT2D eigenvalue weighted by molar-refractivity contribution is 0.655. The van der Waals surface area contributed by atoms with Crippen LogP contribution >= 0.6 is 0 Å². The molecule has 0 radical (unpaired) electrons. The molecule has 1 fully saturated rings. The van der Waals surface area contributed by atoms with E-state index < -0.39 is 0 Å². The summed E-state index contributed by atoms with van der Waals surface area (Å²) in [4.78, 5) is 0. The molecule has 0 spiro atoms. The number of rotatable bonds is 7. The number of unbranched alkanes of at least 4 members (excludes halogenated alkanes) is 1. The first-order chi connectivity index (χ1) is 10.2. The summed E-state index contributed by atoms with van der Waals surface area (Å²) in [7, 11) is 0. The van der Waals surface area contributed by atoms with Gasteiger partial charge in [0, 0.05) is 35.7 Å². The number of fused-ring (bicyclic) bond motifs is 1. The van der Waals surface area contributed by atoms with E-state index >= 15 is 0 Å². The third kappa shape index (κ3) is 3.06. The Kier molecular flexibility index (Phi) is 4.16. The van der Waals surface area contributed by atoms with Gasteiger partial charge in [-0.3, -0.25) is 0 Å². The highest BCUT2D eigenvalue weighted by Crippen LogP contribution is 2.27. The standard InChI is InChI=1S/C19H26N2/c1-4-5-6-11-21-15(3)14(2)18-12-16(7-10-19(18)21)13-20-17-8-9-17/h4,7,10,12,17,20H,1,5-6,8-9,11,13H2,2-3H3. The second-order valence-electron chi connectivity index (χ2n) is 6.30. The van der Waals surface area contributed by atoms with Gasteiger partial charge < -0.3 is 9.88 Å². The molecule has 21 heavy (non-hydrogen) atoms. The molecule has 0 bridgehead atoms. The first-order valence-corrected chi connectivity index (χ1v) is 8.13. The van der Waals surface area contributed by atoms with E-state index in [2.05, 4.69) is 48.5 Å². The highest BCUT2D eigenvalue weighted by molar-refractivity contribution is 5.86. The minimum atomic E-state index is 0.770. The van der Waals surface area contributed by atoms with Gasteiger partial charge in [0.25, 0.3) is 0 Å². The van der Waals surface area contributed by atoms with Crippen molar-refractivity contribution >= 4 is 10.9 Å². The Bertz CT molecular complexity index is 647. The Morgan fingerprint density at radius 3 is 2.86 bits per heavy atom. The second kappa shape index (κ2) is 6.07. The summed E-state index contributed by atoms with van der Waals surface area (Å²) in [6, 6.07) is 7.72. The van der Waals surface area contributed by atoms with Gasteiger partial charge in [-0.25, -0.2) is 0 Å². The van der Waals surface area contributed by atoms with Crippen molar-refractivity contribution in [2.75, 3.05) is 0 Å². The molecule has 2 nitrogen and oxygen atoms in total. The van der Waals surface area contributed by atoms with E-state index in [1.54, 1.807) is 0 Å². The Hall–Kier alpha value is -1.54. The maximum Gasteiger partial charge on any atom is 0.0485 e. The zero-order chi connectivity index (χ0) is 14.8. The molecule has 1 aromatic heterocycles. The number of aryl methyl sites for hydroxylation is 2. The van der Waals surface area contributed by atoms with Crippen molar-refractivity contribution in [3.63, 3.8) is 0 Å². The van der Waals surface area contributed by atoms with E-state index in [1.807, 2.05) is 6.08 Å². The van der Waals surface area contributed by atoms with Crippen LogP contribution < -0.4 is 5.32 Å². The predicted molar refractivity (Wildman–Crippen MR) is 90.7 cm³/mol. The van der Waals surface area contributed by atoms with E-state index in [4.69, 9.17) is 0 Å². The summed E-state index contributed by atoms with van der Waals surface area (Å²) in [5, 5.41) is 5.02. The van der Waals surface area contributed by atoms with Crippen LogP contribution in [-0.2, 0) is 13.1 Å². The van der Waals surface area contributed by atoms with Gasteiger partial charge in [-0.05, 0) is 62.8 Å². The predicted octanol–water partition coefficient (Wildman–Crippen LogP) is 4.48. The summed E-state index contributed by atoms with van der Waals surface area (Å²) in [6.07, 6.45) is 6.95. The molecule has 2 heteroatoms. The van der Waals surface area contributed by atoms with Crippen LogP contribution in [0.4, 0.5) is 0 Å². The fourth-order valence-electron chi connectivity index (χ4n) is 3.04. The Morgan fingerprint density at radius 1 is 1.33 bits per heavy atom. The first kappa shape index (κ1) is 14.4. The van der Waals surface area contributed by atoms with Gasteiger partial charge in [0.05, 0.1) is 0 Å². The third-order valence-corrected chi connectivity index (χ3v) is 4.67. The van der Waals surface area contributed by atoms with Crippen LogP contribution in [0.25, 0.3) is 10.9 Å². The Morgan fingerprint density at radius 2 is 2.14 bits per heavy atom. The summed E-state index contributed by atoms with van der Waals surface area (Å²) in [5.74, 6) is 0. The molecule has 1 heterocycles. The fourth-order valence-corrected chi connectivity index (χ4v) is 3.04. The topological polar surface area (TPSA) is 17.0 Å². The van der Waals surface area contributed by atoms with Crippen LogP contribution in [0, 0.1) is 13.8 Å². The molecule has 1 saturated carbocycles. The van der Waals surface area contributed by atoms with Crippen LogP contribution in [0.2, 0.25) is 0 Å². The SMILES string of the molecule is C=CCCCn1c(C)c(C)c2cc(CNC3CC3)ccc21. The molecule has 0 aliphatic heterocycles. The smallest absolute Gasteiger partial charge is 0.0485 e. The summed E-state index contributed by atoms with van der Waals surface area (Å²) >= 11 is 0. The average molecular weight is 282 g/mol. The van der Waals surface area contributed by atoms with E-state index in [9.17, 15) is 0 Å². The molecule has 112 valence electrons. The lowest BCUT2D eigenvalue weighted by Crippen LogP contribution is -2.15. The van der Waals surface area contributed by atoms with Crippen molar-refractivity contribution in [2.24, 2.45) is 0 Å². The third-order valence-electron chi connectivity index (χ3n) is 4.67. The number of nitrogens with one attached hydrogen (secondary N) is 1. The second-order valence-corrected chi connectivity index (χ2v) is 6.30. The largest absolute Gasteiger partial charge is 0.345 e. The fraction of sp³-hybridized carbons (Fsp3) is 0.474. The average Bonchev–Trinajstić information content (AvgIpc) is 3.29. The van der Waals surface area contributed by atoms with E-state index in [1.165, 1.54) is 47.0 Å². The quantitative estimate of drug-likeness (QED) is 0.585.